The molecular weight excluding hydrogens is 781 g/mol. The van der Waals surface area contributed by atoms with Crippen LogP contribution < -0.4 is 26.7 Å². The number of hydrogen-bond donors (Lipinski definition) is 6. The molecule has 6 aromatic rings. The molecule has 326 valence electrons. The third-order valence-corrected chi connectivity index (χ3v) is 9.14. The molecule has 61 heavy (non-hydrogen) atoms. The van der Waals surface area contributed by atoms with Gasteiger partial charge in [0.15, 0.2) is 0 Å². The van der Waals surface area contributed by atoms with Crippen molar-refractivity contribution in [1.29, 1.82) is 0 Å². The predicted octanol–water partition coefficient (Wildman–Crippen LogP) is 7.01. The number of benzene rings is 3. The van der Waals surface area contributed by atoms with E-state index in [0.29, 0.717) is 53.2 Å². The Morgan fingerprint density at radius 1 is 0.770 bits per heavy atom. The Labute approximate surface area is 356 Å². The molecule has 16 heteroatoms. The molecule has 0 fully saturated rings. The Balaban J connectivity index is 0.000000759. The monoisotopic (exact) mass is 838 g/mol. The Morgan fingerprint density at radius 3 is 1.98 bits per heavy atom. The second-order valence-electron chi connectivity index (χ2n) is 13.9. The van der Waals surface area contributed by atoms with Crippen molar-refractivity contribution in [2.75, 3.05) is 40.9 Å². The van der Waals surface area contributed by atoms with Crippen molar-refractivity contribution in [1.82, 2.24) is 41.2 Å². The zero-order valence-corrected chi connectivity index (χ0v) is 35.4. The SMILES string of the molecule is CCC.CNCCCCc1ncc(-c2ccc3c(=O)c4cc(-c5cnc(CCCCNC(=O)C(NC(=O)OC)c6ccccc6)[nH]5)ccc4oc3c2)[nH]1.COC(=O)NCC=O.[HH]. The number of carbonyl (C=O) groups excluding carboxylic acids is 4. The van der Waals surface area contributed by atoms with Crippen LogP contribution in [0, 0.1) is 0 Å². The van der Waals surface area contributed by atoms with Crippen molar-refractivity contribution < 1.29 is 34.5 Å². The molecule has 6 N–H and O–H groups in total. The van der Waals surface area contributed by atoms with Gasteiger partial charge in [0.05, 0.1) is 55.3 Å². The van der Waals surface area contributed by atoms with Crippen molar-refractivity contribution in [3.05, 3.63) is 107 Å². The standard InChI is InChI=1S/C38H41N7O5.C4H7NO3.C3H8.H2/c1-39-18-8-6-12-33-42-23-30(44-33)26-14-16-27-32(21-26)50-31-17-15-25(20-28(31)36(27)46)29-22-41-34(43-29)13-7-9-19-40-37(47)35(45-38(48)49-2)24-10-4-3-5-11-24;1-8-4(7)5-2-3-6;1-3-2;/h3-5,10-11,14-17,20-23,35,39H,6-9,12-13,18-19H2,1-2H3,(H,40,47)(H,41,43)(H,42,44)(H,45,48);3H,2H2,1H3,(H,5,7);3H2,1-2H3;1H. The number of imidazole rings is 2. The van der Waals surface area contributed by atoms with Crippen LogP contribution in [0.3, 0.4) is 0 Å². The highest BCUT2D eigenvalue weighted by atomic mass is 16.5. The number of hydrogen-bond acceptors (Lipinski definition) is 11. The van der Waals surface area contributed by atoms with Crippen LogP contribution in [0.25, 0.3) is 44.5 Å². The van der Waals surface area contributed by atoms with Gasteiger partial charge in [-0.05, 0) is 75.2 Å². The van der Waals surface area contributed by atoms with Crippen LogP contribution in [0.4, 0.5) is 9.59 Å². The van der Waals surface area contributed by atoms with Crippen LogP contribution in [-0.4, -0.2) is 85.2 Å². The molecule has 3 heterocycles. The number of carbonyl (C=O) groups is 4. The van der Waals surface area contributed by atoms with Crippen molar-refractivity contribution in [2.24, 2.45) is 0 Å². The predicted molar refractivity (Wildman–Crippen MR) is 237 cm³/mol. The number of ether oxygens (including phenoxy) is 2. The molecule has 0 bridgehead atoms. The first-order valence-electron chi connectivity index (χ1n) is 20.3. The molecule has 16 nitrogen and oxygen atoms in total. The van der Waals surface area contributed by atoms with Gasteiger partial charge in [0.2, 0.25) is 11.3 Å². The summed E-state index contributed by atoms with van der Waals surface area (Å²) in [5, 5.41) is 11.8. The molecule has 3 aromatic carbocycles. The average Bonchev–Trinajstić information content (AvgIpc) is 3.97. The normalized spacial score (nSPS) is 11.0. The van der Waals surface area contributed by atoms with Crippen molar-refractivity contribution >= 4 is 46.3 Å². The summed E-state index contributed by atoms with van der Waals surface area (Å²) in [6.45, 7) is 5.68. The van der Waals surface area contributed by atoms with Crippen LogP contribution in [0.15, 0.2) is 88.3 Å². The topological polar surface area (TPSA) is 222 Å². The minimum atomic E-state index is -0.852. The third kappa shape index (κ3) is 14.2. The van der Waals surface area contributed by atoms with Gasteiger partial charge in [-0.3, -0.25) is 9.59 Å². The summed E-state index contributed by atoms with van der Waals surface area (Å²) in [5.74, 6) is 1.44. The first kappa shape index (κ1) is 46.9. The van der Waals surface area contributed by atoms with E-state index in [1.807, 2.05) is 67.8 Å². The first-order valence-corrected chi connectivity index (χ1v) is 20.3. The molecule has 0 spiro atoms. The fourth-order valence-electron chi connectivity index (χ4n) is 6.11. The molecule has 3 aromatic heterocycles. The lowest BCUT2D eigenvalue weighted by atomic mass is 10.1. The van der Waals surface area contributed by atoms with Crippen LogP contribution in [0.5, 0.6) is 0 Å². The van der Waals surface area contributed by atoms with E-state index in [1.54, 1.807) is 18.3 Å². The zero-order chi connectivity index (χ0) is 44.0. The number of methoxy groups -OCH3 is 2. The van der Waals surface area contributed by atoms with Gasteiger partial charge in [0.25, 0.3) is 0 Å². The highest BCUT2D eigenvalue weighted by molar-refractivity contribution is 5.93. The van der Waals surface area contributed by atoms with Gasteiger partial charge >= 0.3 is 12.2 Å². The van der Waals surface area contributed by atoms with Gasteiger partial charge in [-0.1, -0.05) is 56.7 Å². The fourth-order valence-corrected chi connectivity index (χ4v) is 6.11. The van der Waals surface area contributed by atoms with Crippen LogP contribution in [-0.2, 0) is 31.9 Å². The summed E-state index contributed by atoms with van der Waals surface area (Å²) in [4.78, 5) is 73.7. The minimum absolute atomic E-state index is 0. The van der Waals surface area contributed by atoms with Crippen LogP contribution in [0.2, 0.25) is 0 Å². The van der Waals surface area contributed by atoms with Gasteiger partial charge in [-0.2, -0.15) is 0 Å². The minimum Gasteiger partial charge on any atom is -0.456 e. The smallest absolute Gasteiger partial charge is 0.407 e. The van der Waals surface area contributed by atoms with Gasteiger partial charge in [-0.15, -0.1) is 0 Å². The number of aromatic amines is 2. The summed E-state index contributed by atoms with van der Waals surface area (Å²) in [6, 6.07) is 19.3. The number of alkyl carbamates (subject to hydrolysis) is 2. The Bertz CT molecular complexity index is 2380. The van der Waals surface area contributed by atoms with E-state index in [-0.39, 0.29) is 19.3 Å². The largest absolute Gasteiger partial charge is 0.456 e. The molecule has 3 amide bonds. The van der Waals surface area contributed by atoms with Crippen molar-refractivity contribution in [3.8, 4) is 22.5 Å². The number of rotatable bonds is 17. The number of H-pyrrole nitrogens is 2. The van der Waals surface area contributed by atoms with E-state index in [2.05, 4.69) is 64.5 Å². The van der Waals surface area contributed by atoms with Crippen molar-refractivity contribution in [3.63, 3.8) is 0 Å². The number of fused-ring (bicyclic) bond motifs is 2. The molecular formula is C45H58N8O8. The second kappa shape index (κ2) is 25.0. The molecule has 0 saturated carbocycles. The number of aryl methyl sites for hydroxylation is 2. The van der Waals surface area contributed by atoms with E-state index < -0.39 is 18.2 Å². The number of amides is 3. The quantitative estimate of drug-likeness (QED) is 0.0312. The number of aldehydes is 1. The number of nitrogens with one attached hydrogen (secondary N) is 6. The lowest BCUT2D eigenvalue weighted by Gasteiger charge is -2.18. The lowest BCUT2D eigenvalue weighted by Crippen LogP contribution is -2.40. The summed E-state index contributed by atoms with van der Waals surface area (Å²) < 4.78 is 15.0. The Morgan fingerprint density at radius 2 is 1.38 bits per heavy atom. The van der Waals surface area contributed by atoms with E-state index >= 15 is 0 Å². The number of nitrogens with zero attached hydrogens (tertiary/aromatic N) is 2. The average molecular weight is 839 g/mol. The fraction of sp³-hybridized carbons (Fsp3) is 0.356. The summed E-state index contributed by atoms with van der Waals surface area (Å²) in [7, 11) is 4.45. The van der Waals surface area contributed by atoms with E-state index in [1.165, 1.54) is 20.6 Å². The Hall–Kier alpha value is -6.81. The Kier molecular flexibility index (Phi) is 19.2. The maximum absolute atomic E-state index is 13.6. The second-order valence-corrected chi connectivity index (χ2v) is 13.9. The molecule has 0 saturated heterocycles. The van der Waals surface area contributed by atoms with E-state index in [0.717, 1.165) is 66.4 Å². The number of unbranched alkanes of at least 4 members (excludes halogenated alkanes) is 2. The van der Waals surface area contributed by atoms with Crippen molar-refractivity contribution in [2.45, 2.75) is 64.8 Å². The first-order chi connectivity index (χ1) is 29.6. The highest BCUT2D eigenvalue weighted by Crippen LogP contribution is 2.28. The maximum atomic E-state index is 13.6. The third-order valence-electron chi connectivity index (χ3n) is 9.14. The summed E-state index contributed by atoms with van der Waals surface area (Å²) in [6.07, 6.45) is 9.33. The van der Waals surface area contributed by atoms with Crippen LogP contribution >= 0.6 is 0 Å². The maximum Gasteiger partial charge on any atom is 0.407 e. The summed E-state index contributed by atoms with van der Waals surface area (Å²) in [5.41, 5.74) is 5.02. The highest BCUT2D eigenvalue weighted by Gasteiger charge is 2.22. The zero-order valence-electron chi connectivity index (χ0n) is 35.4. The molecule has 0 aliphatic carbocycles. The molecule has 0 radical (unpaired) electrons. The summed E-state index contributed by atoms with van der Waals surface area (Å²) >= 11 is 0. The molecule has 1 unspecified atom stereocenters. The molecule has 6 rings (SSSR count). The van der Waals surface area contributed by atoms with Gasteiger partial charge in [0, 0.05) is 31.9 Å². The van der Waals surface area contributed by atoms with Gasteiger partial charge in [0.1, 0.15) is 35.1 Å². The van der Waals surface area contributed by atoms with Gasteiger partial charge in [-0.25, -0.2) is 19.6 Å². The lowest BCUT2D eigenvalue weighted by molar-refractivity contribution is -0.123. The number of aromatic nitrogens is 4. The molecule has 1 atom stereocenters. The molecule has 0 aliphatic heterocycles. The molecule has 0 aliphatic rings. The van der Waals surface area contributed by atoms with Gasteiger partial charge < -0.3 is 49.9 Å². The van der Waals surface area contributed by atoms with Crippen LogP contribution in [0.1, 0.15) is 70.6 Å². The van der Waals surface area contributed by atoms with E-state index in [4.69, 9.17) is 4.42 Å². The van der Waals surface area contributed by atoms with E-state index in [9.17, 15) is 24.0 Å².